The van der Waals surface area contributed by atoms with Crippen molar-refractivity contribution in [1.29, 1.82) is 0 Å². The predicted molar refractivity (Wildman–Crippen MR) is 132 cm³/mol. The Morgan fingerprint density at radius 2 is 1.71 bits per heavy atom. The van der Waals surface area contributed by atoms with Crippen LogP contribution in [0.4, 0.5) is 4.39 Å². The molecule has 0 amide bonds. The Hall–Kier alpha value is -1.72. The number of hydrogen-bond acceptors (Lipinski definition) is 3. The molecule has 0 atom stereocenters. The summed E-state index contributed by atoms with van der Waals surface area (Å²) in [6, 6.07) is 12.8. The van der Waals surface area contributed by atoms with Crippen LogP contribution in [0.15, 0.2) is 58.4 Å². The van der Waals surface area contributed by atoms with E-state index >= 15 is 0 Å². The molecule has 6 nitrogen and oxygen atoms in total. The summed E-state index contributed by atoms with van der Waals surface area (Å²) in [6.45, 7) is 0.305. The molecule has 0 radical (unpaired) electrons. The van der Waals surface area contributed by atoms with Crippen molar-refractivity contribution in [2.75, 3.05) is 0 Å². The van der Waals surface area contributed by atoms with Crippen molar-refractivity contribution in [3.63, 3.8) is 0 Å². The number of aliphatic imine (C=N–C) groups is 1. The Bertz CT molecular complexity index is 977. The minimum absolute atomic E-state index is 0. The third kappa shape index (κ3) is 8.38. The fourth-order valence-corrected chi connectivity index (χ4v) is 4.66. The topological polar surface area (TPSA) is 96.6 Å². The lowest BCUT2D eigenvalue weighted by molar-refractivity contribution is 0.530. The number of sulfonamides is 1. The normalized spacial score (nSPS) is 15.7. The summed E-state index contributed by atoms with van der Waals surface area (Å²) < 4.78 is 41.0. The molecular formula is C22H30FIN4O2S. The molecule has 0 aromatic heterocycles. The van der Waals surface area contributed by atoms with Crippen molar-refractivity contribution in [3.8, 4) is 0 Å². The standard InChI is InChI=1S/C22H29FN4O2S.HI/c23-19-9-5-7-17(13-19)16-26-30(28,29)21-12-6-8-18(14-21)15-25-22(24)27-20-10-3-1-2-4-11-20;/h5-9,12-14,20,26H,1-4,10-11,15-16H2,(H3,24,25,27);1H. The van der Waals surface area contributed by atoms with Crippen LogP contribution in [0.5, 0.6) is 0 Å². The molecule has 1 fully saturated rings. The molecule has 4 N–H and O–H groups in total. The summed E-state index contributed by atoms with van der Waals surface area (Å²) in [7, 11) is -3.73. The smallest absolute Gasteiger partial charge is 0.240 e. The fourth-order valence-electron chi connectivity index (χ4n) is 3.57. The van der Waals surface area contributed by atoms with Gasteiger partial charge in [-0.25, -0.2) is 22.5 Å². The van der Waals surface area contributed by atoms with E-state index in [1.54, 1.807) is 24.3 Å². The SMILES string of the molecule is I.NC(=NCc1cccc(S(=O)(=O)NCc2cccc(F)c2)c1)NC1CCCCCC1. The van der Waals surface area contributed by atoms with Gasteiger partial charge in [-0.1, -0.05) is 49.9 Å². The molecule has 0 unspecified atom stereocenters. The number of hydrogen-bond donors (Lipinski definition) is 3. The van der Waals surface area contributed by atoms with E-state index in [9.17, 15) is 12.8 Å². The minimum atomic E-state index is -3.73. The first-order valence-corrected chi connectivity index (χ1v) is 11.8. The van der Waals surface area contributed by atoms with Gasteiger partial charge < -0.3 is 11.1 Å². The zero-order valence-corrected chi connectivity index (χ0v) is 20.5. The van der Waals surface area contributed by atoms with Crippen LogP contribution in [0.1, 0.15) is 49.7 Å². The Balaban J connectivity index is 0.00000341. The molecule has 170 valence electrons. The van der Waals surface area contributed by atoms with Crippen molar-refractivity contribution in [3.05, 3.63) is 65.5 Å². The lowest BCUT2D eigenvalue weighted by atomic mass is 10.1. The zero-order valence-electron chi connectivity index (χ0n) is 17.4. The highest BCUT2D eigenvalue weighted by Gasteiger charge is 2.15. The van der Waals surface area contributed by atoms with Crippen LogP contribution in [-0.2, 0) is 23.1 Å². The van der Waals surface area contributed by atoms with Gasteiger partial charge in [0.2, 0.25) is 10.0 Å². The van der Waals surface area contributed by atoms with Gasteiger partial charge in [0.15, 0.2) is 5.96 Å². The van der Waals surface area contributed by atoms with Crippen molar-refractivity contribution < 1.29 is 12.8 Å². The van der Waals surface area contributed by atoms with Gasteiger partial charge in [-0.05, 0) is 48.2 Å². The molecule has 1 saturated carbocycles. The Labute approximate surface area is 201 Å². The molecule has 3 rings (SSSR count). The lowest BCUT2D eigenvalue weighted by Crippen LogP contribution is -2.39. The molecule has 2 aromatic carbocycles. The summed E-state index contributed by atoms with van der Waals surface area (Å²) in [5.74, 6) is -0.0130. The van der Waals surface area contributed by atoms with Crippen LogP contribution in [-0.4, -0.2) is 20.4 Å². The van der Waals surface area contributed by atoms with Crippen molar-refractivity contribution in [2.45, 2.75) is 62.6 Å². The molecule has 9 heteroatoms. The largest absolute Gasteiger partial charge is 0.370 e. The maximum Gasteiger partial charge on any atom is 0.240 e. The van der Waals surface area contributed by atoms with Gasteiger partial charge in [-0.15, -0.1) is 24.0 Å². The molecule has 1 aliphatic rings. The van der Waals surface area contributed by atoms with Crippen LogP contribution in [0.25, 0.3) is 0 Å². The molecule has 0 bridgehead atoms. The second kappa shape index (κ2) is 12.4. The molecule has 0 saturated heterocycles. The summed E-state index contributed by atoms with van der Waals surface area (Å²) in [5.41, 5.74) is 7.33. The first-order chi connectivity index (χ1) is 14.4. The number of benzene rings is 2. The average molecular weight is 560 g/mol. The van der Waals surface area contributed by atoms with E-state index in [-0.39, 0.29) is 35.4 Å². The van der Waals surface area contributed by atoms with E-state index in [1.807, 2.05) is 6.07 Å². The van der Waals surface area contributed by atoms with Crippen LogP contribution >= 0.6 is 24.0 Å². The highest BCUT2D eigenvalue weighted by molar-refractivity contribution is 14.0. The van der Waals surface area contributed by atoms with Gasteiger partial charge >= 0.3 is 0 Å². The van der Waals surface area contributed by atoms with E-state index in [2.05, 4.69) is 15.0 Å². The monoisotopic (exact) mass is 560 g/mol. The second-order valence-electron chi connectivity index (χ2n) is 7.64. The molecular weight excluding hydrogens is 530 g/mol. The van der Waals surface area contributed by atoms with Crippen LogP contribution in [0.2, 0.25) is 0 Å². The summed E-state index contributed by atoms with van der Waals surface area (Å²) >= 11 is 0. The molecule has 31 heavy (non-hydrogen) atoms. The number of nitrogens with zero attached hydrogens (tertiary/aromatic N) is 1. The fraction of sp³-hybridized carbons (Fsp3) is 0.409. The van der Waals surface area contributed by atoms with E-state index in [0.29, 0.717) is 24.1 Å². The van der Waals surface area contributed by atoms with Crippen molar-refractivity contribution >= 4 is 40.0 Å². The van der Waals surface area contributed by atoms with Crippen molar-refractivity contribution in [1.82, 2.24) is 10.0 Å². The number of nitrogens with two attached hydrogens (primary N) is 1. The lowest BCUT2D eigenvalue weighted by Gasteiger charge is -2.16. The van der Waals surface area contributed by atoms with Crippen LogP contribution in [0, 0.1) is 5.82 Å². The van der Waals surface area contributed by atoms with Gasteiger partial charge in [0.05, 0.1) is 11.4 Å². The van der Waals surface area contributed by atoms with Gasteiger partial charge in [0.1, 0.15) is 5.82 Å². The molecule has 0 aliphatic heterocycles. The molecule has 0 heterocycles. The number of nitrogens with one attached hydrogen (secondary N) is 2. The van der Waals surface area contributed by atoms with E-state index in [0.717, 1.165) is 18.4 Å². The minimum Gasteiger partial charge on any atom is -0.370 e. The Morgan fingerprint density at radius 1 is 1.03 bits per heavy atom. The van der Waals surface area contributed by atoms with Crippen LogP contribution < -0.4 is 15.8 Å². The summed E-state index contributed by atoms with van der Waals surface area (Å²) in [4.78, 5) is 4.51. The second-order valence-corrected chi connectivity index (χ2v) is 9.40. The Kier molecular flexibility index (Phi) is 10.2. The highest BCUT2D eigenvalue weighted by atomic mass is 127. The molecule has 2 aromatic rings. The first kappa shape index (κ1) is 25.5. The van der Waals surface area contributed by atoms with Gasteiger partial charge in [0, 0.05) is 12.6 Å². The van der Waals surface area contributed by atoms with Gasteiger partial charge in [-0.3, -0.25) is 0 Å². The van der Waals surface area contributed by atoms with Crippen molar-refractivity contribution in [2.24, 2.45) is 10.7 Å². The Morgan fingerprint density at radius 3 is 2.42 bits per heavy atom. The average Bonchev–Trinajstić information content (AvgIpc) is 3.00. The number of rotatable bonds is 7. The van der Waals surface area contributed by atoms with Gasteiger partial charge in [0.25, 0.3) is 0 Å². The van der Waals surface area contributed by atoms with Crippen LogP contribution in [0.3, 0.4) is 0 Å². The number of guanidine groups is 1. The molecule has 1 aliphatic carbocycles. The summed E-state index contributed by atoms with van der Waals surface area (Å²) in [6.07, 6.45) is 7.14. The molecule has 0 spiro atoms. The summed E-state index contributed by atoms with van der Waals surface area (Å²) in [5, 5.41) is 3.28. The zero-order chi connectivity index (χ0) is 21.4. The first-order valence-electron chi connectivity index (χ1n) is 10.3. The predicted octanol–water partition coefficient (Wildman–Crippen LogP) is 4.05. The van der Waals surface area contributed by atoms with E-state index in [4.69, 9.17) is 5.73 Å². The quantitative estimate of drug-likeness (QED) is 0.206. The van der Waals surface area contributed by atoms with E-state index in [1.165, 1.54) is 43.9 Å². The third-order valence-electron chi connectivity index (χ3n) is 5.20. The van der Waals surface area contributed by atoms with Gasteiger partial charge in [-0.2, -0.15) is 0 Å². The number of halogens is 2. The maximum absolute atomic E-state index is 13.3. The maximum atomic E-state index is 13.3. The third-order valence-corrected chi connectivity index (χ3v) is 6.60. The van der Waals surface area contributed by atoms with E-state index < -0.39 is 15.8 Å². The highest BCUT2D eigenvalue weighted by Crippen LogP contribution is 2.17.